The molecule has 0 heterocycles. The molecule has 0 aliphatic carbocycles. The van der Waals surface area contributed by atoms with E-state index < -0.39 is 29.5 Å². The fourth-order valence-corrected chi connectivity index (χ4v) is 1.77. The van der Waals surface area contributed by atoms with Gasteiger partial charge >= 0.3 is 11.9 Å². The number of ether oxygens (including phenoxy) is 1. The molecule has 2 atom stereocenters. The largest absolute Gasteiger partial charge is 0.481 e. The molecule has 0 bridgehead atoms. The molecule has 0 fully saturated rings. The molecule has 0 aliphatic heterocycles. The number of carbonyl (C=O) groups is 2. The van der Waals surface area contributed by atoms with Crippen molar-refractivity contribution in [3.8, 4) is 0 Å². The topological polar surface area (TPSA) is 89.6 Å². The zero-order valence-electron chi connectivity index (χ0n) is 11.6. The number of carbonyl (C=O) groups excluding carboxylic acids is 1. The first-order valence-corrected chi connectivity index (χ1v) is 6.46. The average molecular weight is 300 g/mol. The Kier molecular flexibility index (Phi) is 5.14. The van der Waals surface area contributed by atoms with Crippen LogP contribution in [0, 0.1) is 5.92 Å². The van der Waals surface area contributed by atoms with Gasteiger partial charge in [-0.15, -0.1) is 0 Å². The molecule has 1 aromatic rings. The van der Waals surface area contributed by atoms with E-state index >= 15 is 0 Å². The highest BCUT2D eigenvalue weighted by Gasteiger charge is 2.37. The summed E-state index contributed by atoms with van der Waals surface area (Å²) in [5, 5.41) is 9.72. The highest BCUT2D eigenvalue weighted by atomic mass is 35.5. The number of aliphatic carboxylic acids is 1. The number of esters is 1. The van der Waals surface area contributed by atoms with Gasteiger partial charge < -0.3 is 15.6 Å². The predicted octanol–water partition coefficient (Wildman–Crippen LogP) is 2.38. The lowest BCUT2D eigenvalue weighted by Crippen LogP contribution is -2.39. The van der Waals surface area contributed by atoms with Gasteiger partial charge in [0.1, 0.15) is 5.60 Å². The van der Waals surface area contributed by atoms with E-state index in [1.54, 1.807) is 45.0 Å². The third kappa shape index (κ3) is 4.51. The van der Waals surface area contributed by atoms with Crippen molar-refractivity contribution in [1.82, 2.24) is 0 Å². The minimum absolute atomic E-state index is 0.505. The molecule has 0 saturated carbocycles. The monoisotopic (exact) mass is 299 g/mol. The lowest BCUT2D eigenvalue weighted by Gasteiger charge is -2.25. The van der Waals surface area contributed by atoms with E-state index in [9.17, 15) is 14.7 Å². The standard InChI is InChI=1S/C14H18ClNO4/c1-14(2,3)20-13(19)10(12(17)18)11(16)8-4-6-9(15)7-5-8/h4-7,10-11H,16H2,1-3H3,(H,17,18)/t10-,11?/m0/s1. The van der Waals surface area contributed by atoms with Gasteiger partial charge in [0, 0.05) is 5.02 Å². The Bertz CT molecular complexity index is 493. The van der Waals surface area contributed by atoms with E-state index in [0.29, 0.717) is 10.6 Å². The molecule has 3 N–H and O–H groups in total. The Morgan fingerprint density at radius 3 is 2.15 bits per heavy atom. The van der Waals surface area contributed by atoms with E-state index in [1.807, 2.05) is 0 Å². The zero-order chi connectivity index (χ0) is 15.5. The van der Waals surface area contributed by atoms with E-state index in [1.165, 1.54) is 0 Å². The number of halogens is 1. The van der Waals surface area contributed by atoms with Crippen LogP contribution in [0.4, 0.5) is 0 Å². The molecule has 0 aromatic heterocycles. The third-order valence-electron chi connectivity index (χ3n) is 2.54. The Hall–Kier alpha value is -1.59. The number of rotatable bonds is 4. The van der Waals surface area contributed by atoms with Gasteiger partial charge in [0.15, 0.2) is 5.92 Å². The first-order chi connectivity index (χ1) is 9.11. The van der Waals surface area contributed by atoms with Gasteiger partial charge in [-0.25, -0.2) is 0 Å². The summed E-state index contributed by atoms with van der Waals surface area (Å²) in [6.07, 6.45) is 0. The van der Waals surface area contributed by atoms with Gasteiger partial charge in [-0.3, -0.25) is 9.59 Å². The van der Waals surface area contributed by atoms with Crippen molar-refractivity contribution < 1.29 is 19.4 Å². The van der Waals surface area contributed by atoms with Gasteiger partial charge in [-0.1, -0.05) is 23.7 Å². The van der Waals surface area contributed by atoms with Crippen molar-refractivity contribution in [1.29, 1.82) is 0 Å². The van der Waals surface area contributed by atoms with Crippen LogP contribution in [-0.4, -0.2) is 22.6 Å². The first kappa shape index (κ1) is 16.5. The molecule has 0 saturated heterocycles. The van der Waals surface area contributed by atoms with E-state index in [-0.39, 0.29) is 0 Å². The molecule has 110 valence electrons. The fraction of sp³-hybridized carbons (Fsp3) is 0.429. The van der Waals surface area contributed by atoms with Gasteiger partial charge in [0.2, 0.25) is 0 Å². The van der Waals surface area contributed by atoms with E-state index in [2.05, 4.69) is 0 Å². The molecule has 0 aliphatic rings. The summed E-state index contributed by atoms with van der Waals surface area (Å²) in [6.45, 7) is 4.99. The van der Waals surface area contributed by atoms with Crippen LogP contribution in [-0.2, 0) is 14.3 Å². The van der Waals surface area contributed by atoms with Crippen LogP contribution in [0.5, 0.6) is 0 Å². The lowest BCUT2D eigenvalue weighted by atomic mass is 9.93. The Balaban J connectivity index is 2.99. The quantitative estimate of drug-likeness (QED) is 0.658. The molecular weight excluding hydrogens is 282 g/mol. The SMILES string of the molecule is CC(C)(C)OC(=O)[C@H](C(=O)O)C(N)c1ccc(Cl)cc1. The Morgan fingerprint density at radius 1 is 1.25 bits per heavy atom. The third-order valence-corrected chi connectivity index (χ3v) is 2.79. The van der Waals surface area contributed by atoms with Crippen LogP contribution in [0.2, 0.25) is 5.02 Å². The molecular formula is C14H18ClNO4. The molecule has 5 nitrogen and oxygen atoms in total. The molecule has 6 heteroatoms. The number of carboxylic acid groups (broad SMARTS) is 1. The van der Waals surface area contributed by atoms with Crippen molar-refractivity contribution in [2.24, 2.45) is 11.7 Å². The van der Waals surface area contributed by atoms with Crippen molar-refractivity contribution in [2.75, 3.05) is 0 Å². The second-order valence-electron chi connectivity index (χ2n) is 5.43. The van der Waals surface area contributed by atoms with Crippen LogP contribution >= 0.6 is 11.6 Å². The smallest absolute Gasteiger partial charge is 0.322 e. The Morgan fingerprint density at radius 2 is 1.75 bits per heavy atom. The lowest BCUT2D eigenvalue weighted by molar-refractivity contribution is -0.167. The number of hydrogen-bond acceptors (Lipinski definition) is 4. The maximum atomic E-state index is 12.0. The Labute approximate surface area is 122 Å². The van der Waals surface area contributed by atoms with Crippen molar-refractivity contribution in [3.05, 3.63) is 34.9 Å². The summed E-state index contributed by atoms with van der Waals surface area (Å²) in [4.78, 5) is 23.3. The molecule has 0 radical (unpaired) electrons. The highest BCUT2D eigenvalue weighted by molar-refractivity contribution is 6.30. The van der Waals surface area contributed by atoms with Crippen molar-refractivity contribution in [2.45, 2.75) is 32.4 Å². The number of hydrogen-bond donors (Lipinski definition) is 2. The van der Waals surface area contributed by atoms with Crippen LogP contribution in [0.15, 0.2) is 24.3 Å². The second-order valence-corrected chi connectivity index (χ2v) is 5.86. The number of benzene rings is 1. The van der Waals surface area contributed by atoms with Gasteiger partial charge in [0.25, 0.3) is 0 Å². The zero-order valence-corrected chi connectivity index (χ0v) is 12.3. The second kappa shape index (κ2) is 6.24. The van der Waals surface area contributed by atoms with E-state index in [0.717, 1.165) is 0 Å². The summed E-state index contributed by atoms with van der Waals surface area (Å²) in [6, 6.07) is 5.36. The minimum Gasteiger partial charge on any atom is -0.481 e. The fourth-order valence-electron chi connectivity index (χ4n) is 1.64. The predicted molar refractivity (Wildman–Crippen MR) is 75.4 cm³/mol. The summed E-state index contributed by atoms with van der Waals surface area (Å²) >= 11 is 5.76. The van der Waals surface area contributed by atoms with Crippen LogP contribution < -0.4 is 5.73 Å². The van der Waals surface area contributed by atoms with Gasteiger partial charge in [-0.05, 0) is 38.5 Å². The molecule has 1 unspecified atom stereocenters. The van der Waals surface area contributed by atoms with Gasteiger partial charge in [-0.2, -0.15) is 0 Å². The van der Waals surface area contributed by atoms with Gasteiger partial charge in [0.05, 0.1) is 6.04 Å². The minimum atomic E-state index is -1.46. The maximum Gasteiger partial charge on any atom is 0.322 e. The summed E-state index contributed by atoms with van der Waals surface area (Å²) < 4.78 is 5.10. The molecule has 0 spiro atoms. The molecule has 20 heavy (non-hydrogen) atoms. The normalized spacial score (nSPS) is 14.4. The number of carboxylic acids is 1. The maximum absolute atomic E-state index is 12.0. The van der Waals surface area contributed by atoms with Crippen molar-refractivity contribution >= 4 is 23.5 Å². The summed E-state index contributed by atoms with van der Waals surface area (Å²) in [5.74, 6) is -3.63. The van der Waals surface area contributed by atoms with Crippen molar-refractivity contribution in [3.63, 3.8) is 0 Å². The molecule has 1 aromatic carbocycles. The summed E-state index contributed by atoms with van der Waals surface area (Å²) in [7, 11) is 0. The first-order valence-electron chi connectivity index (χ1n) is 6.08. The summed E-state index contributed by atoms with van der Waals surface area (Å²) in [5.41, 5.74) is 5.62. The van der Waals surface area contributed by atoms with E-state index in [4.69, 9.17) is 22.1 Å². The molecule has 0 amide bonds. The number of nitrogens with two attached hydrogens (primary N) is 1. The average Bonchev–Trinajstić information content (AvgIpc) is 2.26. The van der Waals surface area contributed by atoms with Crippen LogP contribution in [0.3, 0.4) is 0 Å². The van der Waals surface area contributed by atoms with Crippen LogP contribution in [0.1, 0.15) is 32.4 Å². The molecule has 1 rings (SSSR count). The van der Waals surface area contributed by atoms with Crippen LogP contribution in [0.25, 0.3) is 0 Å². The highest BCUT2D eigenvalue weighted by Crippen LogP contribution is 2.24.